The molecule has 1 aromatic carbocycles. The van der Waals surface area contributed by atoms with E-state index in [1.807, 2.05) is 0 Å². The first-order valence-electron chi connectivity index (χ1n) is 5.05. The van der Waals surface area contributed by atoms with E-state index in [4.69, 9.17) is 5.11 Å². The molecule has 0 radical (unpaired) electrons. The number of nitrogens with one attached hydrogen (secondary N) is 1. The summed E-state index contributed by atoms with van der Waals surface area (Å²) in [5.74, 6) is -4.46. The van der Waals surface area contributed by atoms with Crippen molar-refractivity contribution in [2.45, 2.75) is 23.9 Å². The van der Waals surface area contributed by atoms with Crippen LogP contribution in [-0.2, 0) is 16.6 Å². The third kappa shape index (κ3) is 3.88. The lowest BCUT2D eigenvalue weighted by molar-refractivity contribution is -0.122. The van der Waals surface area contributed by atoms with E-state index in [1.165, 1.54) is 22.9 Å². The molecule has 0 aliphatic carbocycles. The molecule has 0 aliphatic rings. The Morgan fingerprint density at radius 2 is 1.84 bits per heavy atom. The van der Waals surface area contributed by atoms with Crippen LogP contribution in [0, 0.1) is 0 Å². The van der Waals surface area contributed by atoms with Crippen LogP contribution in [0.1, 0.15) is 5.56 Å². The van der Waals surface area contributed by atoms with Gasteiger partial charge < -0.3 is 5.11 Å². The highest BCUT2D eigenvalue weighted by Crippen LogP contribution is 2.23. The number of hydrogen-bond acceptors (Lipinski definition) is 3. The minimum Gasteiger partial charge on any atom is -0.392 e. The molecule has 108 valence electrons. The summed E-state index contributed by atoms with van der Waals surface area (Å²) < 4.78 is 73.9. The van der Waals surface area contributed by atoms with E-state index in [2.05, 4.69) is 0 Å². The van der Waals surface area contributed by atoms with Crippen LogP contribution in [0.25, 0.3) is 0 Å². The molecule has 1 rings (SSSR count). The van der Waals surface area contributed by atoms with Gasteiger partial charge in [-0.2, -0.15) is 8.78 Å². The number of hydrogen-bond donors (Lipinski definition) is 2. The molecule has 0 saturated carbocycles. The Hall–Kier alpha value is -1.19. The van der Waals surface area contributed by atoms with Gasteiger partial charge in [-0.25, -0.2) is 21.9 Å². The van der Waals surface area contributed by atoms with E-state index in [-0.39, 0.29) is 5.56 Å². The van der Waals surface area contributed by atoms with Crippen molar-refractivity contribution in [3.63, 3.8) is 0 Å². The largest absolute Gasteiger partial charge is 0.392 e. The Labute approximate surface area is 107 Å². The number of aliphatic hydroxyl groups excluding tert-OH is 1. The zero-order valence-corrected chi connectivity index (χ0v) is 10.3. The molecule has 1 aromatic rings. The molecule has 2 N–H and O–H groups in total. The fourth-order valence-corrected chi connectivity index (χ4v) is 2.52. The predicted molar refractivity (Wildman–Crippen MR) is 58.5 cm³/mol. The molecule has 0 spiro atoms. The zero-order chi connectivity index (χ0) is 14.7. The normalized spacial score (nSPS) is 12.9. The van der Waals surface area contributed by atoms with Gasteiger partial charge in [0.25, 0.3) is 0 Å². The van der Waals surface area contributed by atoms with Gasteiger partial charge in [0.1, 0.15) is 0 Å². The van der Waals surface area contributed by atoms with Crippen LogP contribution in [0.5, 0.6) is 0 Å². The molecule has 0 heterocycles. The Morgan fingerprint density at radius 3 is 2.37 bits per heavy atom. The van der Waals surface area contributed by atoms with Gasteiger partial charge in [-0.15, -0.1) is 0 Å². The molecule has 0 amide bonds. The second kappa shape index (κ2) is 5.85. The van der Waals surface area contributed by atoms with Gasteiger partial charge in [0.2, 0.25) is 10.0 Å². The zero-order valence-electron chi connectivity index (χ0n) is 9.48. The summed E-state index contributed by atoms with van der Waals surface area (Å²) in [6.07, 6.45) is -3.97. The Bertz CT molecular complexity index is 533. The summed E-state index contributed by atoms with van der Waals surface area (Å²) in [6.45, 7) is -2.34. The maximum atomic E-state index is 12.6. The first-order valence-corrected chi connectivity index (χ1v) is 6.53. The third-order valence-corrected chi connectivity index (χ3v) is 3.75. The Kier molecular flexibility index (Phi) is 4.88. The SMILES string of the molecule is O=S(=O)(NCC(F)(F)C(F)F)c1ccccc1CO. The average Bonchev–Trinajstić information content (AvgIpc) is 2.36. The fourth-order valence-electron chi connectivity index (χ4n) is 1.24. The Morgan fingerprint density at radius 1 is 1.26 bits per heavy atom. The van der Waals surface area contributed by atoms with Crippen LogP contribution in [-0.4, -0.2) is 32.4 Å². The van der Waals surface area contributed by atoms with Crippen molar-refractivity contribution in [3.05, 3.63) is 29.8 Å². The maximum Gasteiger partial charge on any atom is 0.320 e. The fraction of sp³-hybridized carbons (Fsp3) is 0.400. The molecular formula is C10H11F4NO3S. The second-order valence-electron chi connectivity index (χ2n) is 3.65. The van der Waals surface area contributed by atoms with Crippen molar-refractivity contribution in [2.24, 2.45) is 0 Å². The van der Waals surface area contributed by atoms with E-state index in [0.717, 1.165) is 6.07 Å². The number of benzene rings is 1. The summed E-state index contributed by atoms with van der Waals surface area (Å²) in [7, 11) is -4.39. The molecule has 19 heavy (non-hydrogen) atoms. The monoisotopic (exact) mass is 301 g/mol. The number of sulfonamides is 1. The molecule has 0 saturated heterocycles. The first-order chi connectivity index (χ1) is 8.70. The number of alkyl halides is 4. The van der Waals surface area contributed by atoms with Crippen molar-refractivity contribution >= 4 is 10.0 Å². The molecule has 0 aromatic heterocycles. The van der Waals surface area contributed by atoms with Crippen molar-refractivity contribution in [1.82, 2.24) is 4.72 Å². The van der Waals surface area contributed by atoms with Crippen LogP contribution >= 0.6 is 0 Å². The van der Waals surface area contributed by atoms with Gasteiger partial charge in [-0.3, -0.25) is 0 Å². The number of halogens is 4. The van der Waals surface area contributed by atoms with Crippen LogP contribution in [0.4, 0.5) is 17.6 Å². The van der Waals surface area contributed by atoms with Gasteiger partial charge in [-0.1, -0.05) is 18.2 Å². The number of rotatable bonds is 6. The highest BCUT2D eigenvalue weighted by molar-refractivity contribution is 7.89. The highest BCUT2D eigenvalue weighted by atomic mass is 32.2. The molecule has 0 atom stereocenters. The number of aliphatic hydroxyl groups is 1. The van der Waals surface area contributed by atoms with Gasteiger partial charge in [0.05, 0.1) is 18.0 Å². The molecule has 0 bridgehead atoms. The Balaban J connectivity index is 2.94. The standard InChI is InChI=1S/C10H11F4NO3S/c11-9(12)10(13,14)6-15-19(17,18)8-4-2-1-3-7(8)5-16/h1-4,9,15-16H,5-6H2. The molecule has 0 aliphatic heterocycles. The van der Waals surface area contributed by atoms with Crippen LogP contribution in [0.3, 0.4) is 0 Å². The van der Waals surface area contributed by atoms with Crippen LogP contribution in [0.15, 0.2) is 29.2 Å². The minimum absolute atomic E-state index is 0.0182. The third-order valence-electron chi connectivity index (χ3n) is 2.25. The van der Waals surface area contributed by atoms with Gasteiger partial charge >= 0.3 is 12.3 Å². The molecule has 4 nitrogen and oxygen atoms in total. The summed E-state index contributed by atoms with van der Waals surface area (Å²) in [4.78, 5) is -0.428. The first kappa shape index (κ1) is 15.9. The topological polar surface area (TPSA) is 66.4 Å². The van der Waals surface area contributed by atoms with Crippen molar-refractivity contribution < 1.29 is 31.1 Å². The van der Waals surface area contributed by atoms with Crippen molar-refractivity contribution in [1.29, 1.82) is 0 Å². The quantitative estimate of drug-likeness (QED) is 0.780. The van der Waals surface area contributed by atoms with Gasteiger partial charge in [0.15, 0.2) is 0 Å². The van der Waals surface area contributed by atoms with E-state index >= 15 is 0 Å². The van der Waals surface area contributed by atoms with E-state index in [0.29, 0.717) is 0 Å². The van der Waals surface area contributed by atoms with Gasteiger partial charge in [-0.05, 0) is 11.6 Å². The minimum atomic E-state index is -4.46. The summed E-state index contributed by atoms with van der Waals surface area (Å²) in [6, 6.07) is 5.12. The lowest BCUT2D eigenvalue weighted by atomic mass is 10.2. The average molecular weight is 301 g/mol. The summed E-state index contributed by atoms with van der Waals surface area (Å²) in [5, 5.41) is 8.94. The molecule has 9 heteroatoms. The smallest absolute Gasteiger partial charge is 0.320 e. The predicted octanol–water partition coefficient (Wildman–Crippen LogP) is 1.36. The molecule has 0 fully saturated rings. The van der Waals surface area contributed by atoms with Gasteiger partial charge in [0, 0.05) is 0 Å². The van der Waals surface area contributed by atoms with E-state index < -0.39 is 40.4 Å². The lowest BCUT2D eigenvalue weighted by Crippen LogP contribution is -2.41. The van der Waals surface area contributed by atoms with E-state index in [9.17, 15) is 26.0 Å². The lowest BCUT2D eigenvalue weighted by Gasteiger charge is -2.16. The maximum absolute atomic E-state index is 12.6. The van der Waals surface area contributed by atoms with Crippen molar-refractivity contribution in [3.8, 4) is 0 Å². The summed E-state index contributed by atoms with van der Waals surface area (Å²) >= 11 is 0. The summed E-state index contributed by atoms with van der Waals surface area (Å²) in [5.41, 5.74) is -0.0182. The van der Waals surface area contributed by atoms with Crippen LogP contribution in [0.2, 0.25) is 0 Å². The van der Waals surface area contributed by atoms with Crippen LogP contribution < -0.4 is 4.72 Å². The molecular weight excluding hydrogens is 290 g/mol. The molecule has 0 unspecified atom stereocenters. The highest BCUT2D eigenvalue weighted by Gasteiger charge is 2.41. The second-order valence-corrected chi connectivity index (χ2v) is 5.39. The van der Waals surface area contributed by atoms with Crippen molar-refractivity contribution in [2.75, 3.05) is 6.54 Å². The van der Waals surface area contributed by atoms with E-state index in [1.54, 1.807) is 0 Å².